The first kappa shape index (κ1) is 13.2. The highest BCUT2D eigenvalue weighted by Crippen LogP contribution is 2.22. The van der Waals surface area contributed by atoms with Crippen molar-refractivity contribution in [1.29, 1.82) is 0 Å². The number of nitrogens with zero attached hydrogens (tertiary/aromatic N) is 2. The Morgan fingerprint density at radius 1 is 1.25 bits per heavy atom. The van der Waals surface area contributed by atoms with Crippen molar-refractivity contribution in [2.45, 2.75) is 18.9 Å². The zero-order chi connectivity index (χ0) is 13.9. The van der Waals surface area contributed by atoms with E-state index in [4.69, 9.17) is 4.74 Å². The highest BCUT2D eigenvalue weighted by atomic mass is 16.5. The van der Waals surface area contributed by atoms with Crippen LogP contribution in [0.4, 0.5) is 10.5 Å². The smallest absolute Gasteiger partial charge is 0.321 e. The lowest BCUT2D eigenvalue weighted by Crippen LogP contribution is -2.53. The van der Waals surface area contributed by atoms with Crippen molar-refractivity contribution >= 4 is 11.7 Å². The number of hydrogen-bond acceptors (Lipinski definition) is 3. The van der Waals surface area contributed by atoms with Gasteiger partial charge in [0.1, 0.15) is 5.75 Å². The van der Waals surface area contributed by atoms with Crippen LogP contribution < -0.4 is 10.1 Å². The molecule has 3 rings (SSSR count). The molecule has 0 saturated carbocycles. The van der Waals surface area contributed by atoms with Crippen LogP contribution in [0.15, 0.2) is 24.3 Å². The van der Waals surface area contributed by atoms with Gasteiger partial charge in [0, 0.05) is 31.4 Å². The van der Waals surface area contributed by atoms with Crippen LogP contribution in [0.1, 0.15) is 12.8 Å². The summed E-state index contributed by atoms with van der Waals surface area (Å²) in [5, 5.41) is 2.96. The highest BCUT2D eigenvalue weighted by molar-refractivity contribution is 5.89. The molecular formula is C15H21N3O2. The maximum Gasteiger partial charge on any atom is 0.321 e. The average Bonchev–Trinajstić information content (AvgIpc) is 2.95. The van der Waals surface area contributed by atoms with E-state index in [2.05, 4.69) is 10.2 Å². The lowest BCUT2D eigenvalue weighted by atomic mass is 10.1. The second-order valence-corrected chi connectivity index (χ2v) is 5.44. The summed E-state index contributed by atoms with van der Waals surface area (Å²) >= 11 is 0. The van der Waals surface area contributed by atoms with E-state index < -0.39 is 0 Å². The lowest BCUT2D eigenvalue weighted by Gasteiger charge is -2.37. The molecule has 1 N–H and O–H groups in total. The number of methoxy groups -OCH3 is 1. The van der Waals surface area contributed by atoms with Crippen LogP contribution in [0.25, 0.3) is 0 Å². The van der Waals surface area contributed by atoms with Crippen LogP contribution >= 0.6 is 0 Å². The van der Waals surface area contributed by atoms with Crippen LogP contribution in [0, 0.1) is 0 Å². The maximum absolute atomic E-state index is 12.3. The fourth-order valence-electron chi connectivity index (χ4n) is 3.05. The van der Waals surface area contributed by atoms with Crippen molar-refractivity contribution in [2.24, 2.45) is 0 Å². The van der Waals surface area contributed by atoms with Crippen molar-refractivity contribution < 1.29 is 9.53 Å². The Morgan fingerprint density at radius 2 is 2.05 bits per heavy atom. The Labute approximate surface area is 119 Å². The Bertz CT molecular complexity index is 475. The van der Waals surface area contributed by atoms with Crippen molar-refractivity contribution in [3.8, 4) is 5.75 Å². The van der Waals surface area contributed by atoms with Gasteiger partial charge in [0.2, 0.25) is 0 Å². The molecule has 5 nitrogen and oxygen atoms in total. The predicted molar refractivity (Wildman–Crippen MR) is 78.2 cm³/mol. The van der Waals surface area contributed by atoms with Crippen molar-refractivity contribution in [2.75, 3.05) is 38.6 Å². The zero-order valence-corrected chi connectivity index (χ0v) is 11.8. The molecule has 0 bridgehead atoms. The first-order valence-electron chi connectivity index (χ1n) is 7.20. The molecule has 0 aliphatic carbocycles. The molecule has 0 aromatic heterocycles. The van der Waals surface area contributed by atoms with E-state index >= 15 is 0 Å². The molecule has 2 aliphatic rings. The topological polar surface area (TPSA) is 44.8 Å². The number of fused-ring (bicyclic) bond motifs is 1. The van der Waals surface area contributed by atoms with Gasteiger partial charge in [0.05, 0.1) is 7.11 Å². The minimum atomic E-state index is 0.00159. The van der Waals surface area contributed by atoms with Gasteiger partial charge in [-0.15, -0.1) is 0 Å². The largest absolute Gasteiger partial charge is 0.497 e. The minimum absolute atomic E-state index is 0.00159. The first-order valence-corrected chi connectivity index (χ1v) is 7.20. The molecule has 0 spiro atoms. The normalized spacial score (nSPS) is 22.4. The van der Waals surface area contributed by atoms with Crippen molar-refractivity contribution in [3.05, 3.63) is 24.3 Å². The molecule has 1 aromatic rings. The van der Waals surface area contributed by atoms with E-state index in [0.29, 0.717) is 6.04 Å². The van der Waals surface area contributed by atoms with Crippen LogP contribution in [0.5, 0.6) is 5.75 Å². The third-order valence-electron chi connectivity index (χ3n) is 4.22. The van der Waals surface area contributed by atoms with Gasteiger partial charge in [-0.2, -0.15) is 0 Å². The van der Waals surface area contributed by atoms with Gasteiger partial charge in [-0.1, -0.05) is 0 Å². The van der Waals surface area contributed by atoms with Crippen LogP contribution in [0.3, 0.4) is 0 Å². The number of rotatable bonds is 2. The number of urea groups is 1. The van der Waals surface area contributed by atoms with E-state index in [9.17, 15) is 4.79 Å². The number of nitrogens with one attached hydrogen (secondary N) is 1. The monoisotopic (exact) mass is 275 g/mol. The van der Waals surface area contributed by atoms with Gasteiger partial charge in [0.25, 0.3) is 0 Å². The number of amides is 2. The summed E-state index contributed by atoms with van der Waals surface area (Å²) in [6.45, 7) is 3.86. The van der Waals surface area contributed by atoms with Gasteiger partial charge in [-0.05, 0) is 43.7 Å². The number of benzene rings is 1. The summed E-state index contributed by atoms with van der Waals surface area (Å²) in [5.74, 6) is 0.794. The number of carbonyl (C=O) groups excluding carboxylic acids is 1. The van der Waals surface area contributed by atoms with Crippen LogP contribution in [0.2, 0.25) is 0 Å². The van der Waals surface area contributed by atoms with E-state index in [1.54, 1.807) is 7.11 Å². The molecule has 108 valence electrons. The summed E-state index contributed by atoms with van der Waals surface area (Å²) in [6, 6.07) is 7.99. The molecule has 2 fully saturated rings. The number of anilines is 1. The molecule has 20 heavy (non-hydrogen) atoms. The van der Waals surface area contributed by atoms with Crippen LogP contribution in [-0.2, 0) is 0 Å². The highest BCUT2D eigenvalue weighted by Gasteiger charge is 2.32. The summed E-state index contributed by atoms with van der Waals surface area (Å²) in [4.78, 5) is 16.7. The average molecular weight is 275 g/mol. The second-order valence-electron chi connectivity index (χ2n) is 5.44. The van der Waals surface area contributed by atoms with Gasteiger partial charge >= 0.3 is 6.03 Å². The predicted octanol–water partition coefficient (Wildman–Crippen LogP) is 2.01. The molecular weight excluding hydrogens is 254 g/mol. The Hall–Kier alpha value is -1.75. The van der Waals surface area contributed by atoms with Gasteiger partial charge < -0.3 is 15.0 Å². The third-order valence-corrected chi connectivity index (χ3v) is 4.22. The quantitative estimate of drug-likeness (QED) is 0.898. The SMILES string of the molecule is COc1ccc(NC(=O)N2CCN3CCCC3C2)cc1. The fourth-order valence-corrected chi connectivity index (χ4v) is 3.05. The number of carbonyl (C=O) groups is 1. The summed E-state index contributed by atoms with van der Waals surface area (Å²) in [5.41, 5.74) is 0.810. The van der Waals surface area contributed by atoms with E-state index in [-0.39, 0.29) is 6.03 Å². The molecule has 2 heterocycles. The molecule has 2 amide bonds. The van der Waals surface area contributed by atoms with Gasteiger partial charge in [-0.3, -0.25) is 4.90 Å². The molecule has 1 aromatic carbocycles. The number of piperazine rings is 1. The van der Waals surface area contributed by atoms with Crippen molar-refractivity contribution in [3.63, 3.8) is 0 Å². The molecule has 5 heteroatoms. The third kappa shape index (κ3) is 2.72. The summed E-state index contributed by atoms with van der Waals surface area (Å²) in [7, 11) is 1.63. The fraction of sp³-hybridized carbons (Fsp3) is 0.533. The summed E-state index contributed by atoms with van der Waals surface area (Å²) in [6.07, 6.45) is 2.48. The molecule has 2 aliphatic heterocycles. The van der Waals surface area contributed by atoms with Crippen LogP contribution in [-0.4, -0.2) is 55.2 Å². The van der Waals surface area contributed by atoms with Gasteiger partial charge in [0.15, 0.2) is 0 Å². The first-order chi connectivity index (χ1) is 9.76. The number of ether oxygens (including phenoxy) is 1. The minimum Gasteiger partial charge on any atom is -0.497 e. The zero-order valence-electron chi connectivity index (χ0n) is 11.8. The van der Waals surface area contributed by atoms with Crippen molar-refractivity contribution in [1.82, 2.24) is 9.80 Å². The molecule has 2 saturated heterocycles. The molecule has 0 radical (unpaired) electrons. The Kier molecular flexibility index (Phi) is 3.78. The standard InChI is InChI=1S/C15H21N3O2/c1-20-14-6-4-12(5-7-14)16-15(19)18-10-9-17-8-2-3-13(17)11-18/h4-7,13H,2-3,8-11H2,1H3,(H,16,19). The maximum atomic E-state index is 12.3. The molecule has 1 atom stereocenters. The van der Waals surface area contributed by atoms with E-state index in [0.717, 1.165) is 31.1 Å². The summed E-state index contributed by atoms with van der Waals surface area (Å²) < 4.78 is 5.11. The lowest BCUT2D eigenvalue weighted by molar-refractivity contribution is 0.124. The van der Waals surface area contributed by atoms with E-state index in [1.165, 1.54) is 19.4 Å². The molecule has 1 unspecified atom stereocenters. The Balaban J connectivity index is 1.58. The second kappa shape index (κ2) is 5.71. The Morgan fingerprint density at radius 3 is 2.80 bits per heavy atom. The number of hydrogen-bond donors (Lipinski definition) is 1. The van der Waals surface area contributed by atoms with Gasteiger partial charge in [-0.25, -0.2) is 4.79 Å². The van der Waals surface area contributed by atoms with E-state index in [1.807, 2.05) is 29.2 Å².